The second kappa shape index (κ2) is 7.45. The van der Waals surface area contributed by atoms with E-state index in [1.165, 1.54) is 10.4 Å². The number of carbonyl (C=O) groups is 1. The van der Waals surface area contributed by atoms with Gasteiger partial charge in [0.25, 0.3) is 10.0 Å². The molecule has 1 aromatic heterocycles. The number of hydrogen-bond acceptors (Lipinski definition) is 4. The summed E-state index contributed by atoms with van der Waals surface area (Å²) < 4.78 is 27.5. The summed E-state index contributed by atoms with van der Waals surface area (Å²) >= 11 is 6.87. The van der Waals surface area contributed by atoms with Crippen LogP contribution in [0.15, 0.2) is 40.6 Å². The Kier molecular flexibility index (Phi) is 5.48. The predicted molar refractivity (Wildman–Crippen MR) is 101 cm³/mol. The Morgan fingerprint density at radius 1 is 1.36 bits per heavy atom. The van der Waals surface area contributed by atoms with Crippen LogP contribution in [-0.2, 0) is 21.2 Å². The van der Waals surface area contributed by atoms with Crippen molar-refractivity contribution < 1.29 is 13.2 Å². The van der Waals surface area contributed by atoms with Crippen molar-refractivity contribution in [1.82, 2.24) is 4.31 Å². The Balaban J connectivity index is 1.80. The lowest BCUT2D eigenvalue weighted by molar-refractivity contribution is -0.119. The molecule has 0 spiro atoms. The van der Waals surface area contributed by atoms with Crippen LogP contribution in [0.1, 0.15) is 25.3 Å². The highest BCUT2D eigenvalue weighted by Gasteiger charge is 2.40. The molecule has 1 aromatic carbocycles. The second-order valence-electron chi connectivity index (χ2n) is 5.88. The first-order chi connectivity index (χ1) is 11.9. The fourth-order valence-electron chi connectivity index (χ4n) is 2.94. The molecular formula is C17H19ClN2O3S2. The fourth-order valence-corrected chi connectivity index (χ4v) is 6.20. The van der Waals surface area contributed by atoms with E-state index in [0.717, 1.165) is 23.3 Å². The van der Waals surface area contributed by atoms with E-state index in [-0.39, 0.29) is 10.1 Å². The third-order valence-corrected chi connectivity index (χ3v) is 7.83. The van der Waals surface area contributed by atoms with Crippen molar-refractivity contribution in [2.24, 2.45) is 0 Å². The minimum absolute atomic E-state index is 0.171. The molecule has 134 valence electrons. The Labute approximate surface area is 156 Å². The van der Waals surface area contributed by atoms with E-state index in [1.807, 2.05) is 31.2 Å². The molecule has 1 fully saturated rings. The monoisotopic (exact) mass is 398 g/mol. The van der Waals surface area contributed by atoms with Crippen molar-refractivity contribution in [3.63, 3.8) is 0 Å². The minimum atomic E-state index is -3.71. The smallest absolute Gasteiger partial charge is 0.253 e. The van der Waals surface area contributed by atoms with Gasteiger partial charge in [-0.1, -0.05) is 30.7 Å². The molecule has 0 bridgehead atoms. The maximum atomic E-state index is 12.8. The molecule has 2 aromatic rings. The molecule has 1 N–H and O–H groups in total. The van der Waals surface area contributed by atoms with E-state index in [9.17, 15) is 13.2 Å². The number of nitrogens with one attached hydrogen (secondary N) is 1. The third kappa shape index (κ3) is 3.89. The topological polar surface area (TPSA) is 66.5 Å². The zero-order valence-electron chi connectivity index (χ0n) is 13.7. The number of halogens is 1. The number of amides is 1. The van der Waals surface area contributed by atoms with Crippen LogP contribution in [0.4, 0.5) is 5.69 Å². The molecule has 1 atom stereocenters. The summed E-state index contributed by atoms with van der Waals surface area (Å²) in [5, 5.41) is 2.85. The number of nitrogens with zero attached hydrogens (tertiary/aromatic N) is 1. The second-order valence-corrected chi connectivity index (χ2v) is 9.71. The van der Waals surface area contributed by atoms with Crippen molar-refractivity contribution in [2.75, 3.05) is 11.9 Å². The van der Waals surface area contributed by atoms with Gasteiger partial charge in [0.1, 0.15) is 10.3 Å². The quantitative estimate of drug-likeness (QED) is 0.833. The average molecular weight is 399 g/mol. The summed E-state index contributed by atoms with van der Waals surface area (Å²) in [4.78, 5) is 12.7. The van der Waals surface area contributed by atoms with Gasteiger partial charge in [0.15, 0.2) is 0 Å². The molecule has 1 aliphatic heterocycles. The van der Waals surface area contributed by atoms with Gasteiger partial charge in [-0.05, 0) is 49.1 Å². The molecule has 1 amide bonds. The molecule has 0 radical (unpaired) electrons. The number of carbonyl (C=O) groups excluding carboxylic acids is 1. The van der Waals surface area contributed by atoms with Crippen LogP contribution in [0.3, 0.4) is 0 Å². The molecule has 0 unspecified atom stereocenters. The highest BCUT2D eigenvalue weighted by molar-refractivity contribution is 7.91. The van der Waals surface area contributed by atoms with Crippen molar-refractivity contribution in [1.29, 1.82) is 0 Å². The van der Waals surface area contributed by atoms with Crippen LogP contribution >= 0.6 is 22.9 Å². The van der Waals surface area contributed by atoms with E-state index in [4.69, 9.17) is 11.6 Å². The van der Waals surface area contributed by atoms with Gasteiger partial charge < -0.3 is 5.32 Å². The number of rotatable bonds is 5. The third-order valence-electron chi connectivity index (χ3n) is 4.22. The zero-order valence-corrected chi connectivity index (χ0v) is 16.1. The molecule has 0 aliphatic carbocycles. The SMILES string of the molecule is CCc1cccc(NC(=O)[C@H]2CCCN2S(=O)(=O)c2ccc(Cl)s2)c1. The first kappa shape index (κ1) is 18.4. The van der Waals surface area contributed by atoms with Gasteiger partial charge in [0, 0.05) is 12.2 Å². The molecular weight excluding hydrogens is 380 g/mol. The van der Waals surface area contributed by atoms with Gasteiger partial charge in [-0.2, -0.15) is 4.31 Å². The molecule has 25 heavy (non-hydrogen) atoms. The highest BCUT2D eigenvalue weighted by atomic mass is 35.5. The number of sulfonamides is 1. The van der Waals surface area contributed by atoms with Gasteiger partial charge in [0.2, 0.25) is 5.91 Å². The Morgan fingerprint density at radius 2 is 2.16 bits per heavy atom. The molecule has 1 saturated heterocycles. The zero-order chi connectivity index (χ0) is 18.0. The molecule has 1 aliphatic rings. The lowest BCUT2D eigenvalue weighted by atomic mass is 10.1. The van der Waals surface area contributed by atoms with Crippen molar-refractivity contribution >= 4 is 44.6 Å². The number of aryl methyl sites for hydroxylation is 1. The molecule has 0 saturated carbocycles. The summed E-state index contributed by atoms with van der Waals surface area (Å²) in [5.74, 6) is -0.294. The number of hydrogen-bond donors (Lipinski definition) is 1. The first-order valence-corrected chi connectivity index (χ1v) is 10.7. The van der Waals surface area contributed by atoms with Gasteiger partial charge >= 0.3 is 0 Å². The summed E-state index contributed by atoms with van der Waals surface area (Å²) in [7, 11) is -3.71. The van der Waals surface area contributed by atoms with Crippen LogP contribution in [0.25, 0.3) is 0 Å². The summed E-state index contributed by atoms with van der Waals surface area (Å²) in [6.45, 7) is 2.38. The average Bonchev–Trinajstić information content (AvgIpc) is 3.24. The minimum Gasteiger partial charge on any atom is -0.325 e. The fraction of sp³-hybridized carbons (Fsp3) is 0.353. The molecule has 5 nitrogen and oxygen atoms in total. The molecule has 3 rings (SSSR count). The number of thiophene rings is 1. The summed E-state index contributed by atoms with van der Waals surface area (Å²) in [6, 6.07) is 9.93. The van der Waals surface area contributed by atoms with E-state index in [2.05, 4.69) is 5.32 Å². The highest BCUT2D eigenvalue weighted by Crippen LogP contribution is 2.32. The van der Waals surface area contributed by atoms with Gasteiger partial charge in [-0.15, -0.1) is 11.3 Å². The van der Waals surface area contributed by atoms with Crippen LogP contribution in [0, 0.1) is 0 Å². The molecule has 2 heterocycles. The Morgan fingerprint density at radius 3 is 2.84 bits per heavy atom. The standard InChI is InChI=1S/C17H19ClN2O3S2/c1-2-12-5-3-6-13(11-12)19-17(21)14-7-4-10-20(14)25(22,23)16-9-8-15(18)24-16/h3,5-6,8-9,11,14H,2,4,7,10H2,1H3,(H,19,21)/t14-/m1/s1. The predicted octanol–water partition coefficient (Wildman–Crippen LogP) is 3.76. The van der Waals surface area contributed by atoms with E-state index in [1.54, 1.807) is 6.07 Å². The largest absolute Gasteiger partial charge is 0.325 e. The van der Waals surface area contributed by atoms with E-state index in [0.29, 0.717) is 29.4 Å². The summed E-state index contributed by atoms with van der Waals surface area (Å²) in [6.07, 6.45) is 2.04. The number of anilines is 1. The van der Waals surface area contributed by atoms with Gasteiger partial charge in [0.05, 0.1) is 4.34 Å². The number of benzene rings is 1. The lowest BCUT2D eigenvalue weighted by Gasteiger charge is -2.22. The van der Waals surface area contributed by atoms with Gasteiger partial charge in [-0.25, -0.2) is 8.42 Å². The maximum Gasteiger partial charge on any atom is 0.253 e. The van der Waals surface area contributed by atoms with E-state index < -0.39 is 16.1 Å². The van der Waals surface area contributed by atoms with Crippen LogP contribution in [0.5, 0.6) is 0 Å². The van der Waals surface area contributed by atoms with E-state index >= 15 is 0 Å². The van der Waals surface area contributed by atoms with Crippen molar-refractivity contribution in [2.45, 2.75) is 36.4 Å². The van der Waals surface area contributed by atoms with Crippen LogP contribution < -0.4 is 5.32 Å². The van der Waals surface area contributed by atoms with Crippen LogP contribution in [0.2, 0.25) is 4.34 Å². The lowest BCUT2D eigenvalue weighted by Crippen LogP contribution is -2.42. The molecule has 8 heteroatoms. The van der Waals surface area contributed by atoms with Gasteiger partial charge in [-0.3, -0.25) is 4.79 Å². The normalized spacial score (nSPS) is 18.4. The first-order valence-electron chi connectivity index (χ1n) is 8.09. The maximum absolute atomic E-state index is 12.8. The van der Waals surface area contributed by atoms with Crippen molar-refractivity contribution in [3.05, 3.63) is 46.3 Å². The summed E-state index contributed by atoms with van der Waals surface area (Å²) in [5.41, 5.74) is 1.80. The Hall–Kier alpha value is -1.41. The van der Waals surface area contributed by atoms with Crippen LogP contribution in [-0.4, -0.2) is 31.2 Å². The van der Waals surface area contributed by atoms with Crippen molar-refractivity contribution in [3.8, 4) is 0 Å². The Bertz CT molecular complexity index is 880.